The van der Waals surface area contributed by atoms with Crippen molar-refractivity contribution >= 4 is 0 Å². The van der Waals surface area contributed by atoms with Gasteiger partial charge in [-0.25, -0.2) is 0 Å². The van der Waals surface area contributed by atoms with Gasteiger partial charge in [0.1, 0.15) is 0 Å². The third-order valence-electron chi connectivity index (χ3n) is 3.32. The molecule has 0 spiro atoms. The second-order valence-corrected chi connectivity index (χ2v) is 5.14. The molecule has 5 nitrogen and oxygen atoms in total. The summed E-state index contributed by atoms with van der Waals surface area (Å²) in [7, 11) is 0. The molecule has 0 aliphatic carbocycles. The number of aromatic nitrogens is 2. The fourth-order valence-electron chi connectivity index (χ4n) is 2.18. The summed E-state index contributed by atoms with van der Waals surface area (Å²) in [4.78, 5) is 6.84. The molecular formula is C16H24N4O. The smallest absolute Gasteiger partial charge is 0.151 e. The van der Waals surface area contributed by atoms with Gasteiger partial charge in [0.2, 0.25) is 0 Å². The van der Waals surface area contributed by atoms with Crippen LogP contribution >= 0.6 is 0 Å². The van der Waals surface area contributed by atoms with Crippen molar-refractivity contribution in [3.63, 3.8) is 0 Å². The Labute approximate surface area is 126 Å². The normalized spacial score (nSPS) is 11.2. The van der Waals surface area contributed by atoms with Crippen LogP contribution in [0.5, 0.6) is 0 Å². The fourth-order valence-corrected chi connectivity index (χ4v) is 2.18. The largest absolute Gasteiger partial charge is 0.360 e. The van der Waals surface area contributed by atoms with Crippen LogP contribution in [0.25, 0.3) is 0 Å². The maximum atomic E-state index is 5.40. The Balaban J connectivity index is 1.94. The Hall–Kier alpha value is -1.72. The van der Waals surface area contributed by atoms with Crippen LogP contribution in [0, 0.1) is 6.92 Å². The predicted molar refractivity (Wildman–Crippen MR) is 82.6 cm³/mol. The minimum absolute atomic E-state index is 0.755. The lowest BCUT2D eigenvalue weighted by Gasteiger charge is -2.18. The molecule has 2 aromatic rings. The van der Waals surface area contributed by atoms with E-state index in [9.17, 15) is 0 Å². The number of hydrogen-bond donors (Lipinski definition) is 1. The van der Waals surface area contributed by atoms with E-state index in [1.807, 2.05) is 19.1 Å². The first-order valence-corrected chi connectivity index (χ1v) is 7.51. The monoisotopic (exact) mass is 288 g/mol. The van der Waals surface area contributed by atoms with Gasteiger partial charge in [0.25, 0.3) is 0 Å². The zero-order valence-electron chi connectivity index (χ0n) is 13.1. The van der Waals surface area contributed by atoms with Gasteiger partial charge in [-0.05, 0) is 32.1 Å². The van der Waals surface area contributed by atoms with Crippen molar-refractivity contribution in [3.05, 3.63) is 47.1 Å². The van der Waals surface area contributed by atoms with Gasteiger partial charge in [0.15, 0.2) is 5.76 Å². The molecule has 0 aliphatic heterocycles. The third kappa shape index (κ3) is 4.95. The van der Waals surface area contributed by atoms with Gasteiger partial charge in [-0.2, -0.15) is 0 Å². The van der Waals surface area contributed by atoms with Crippen LogP contribution in [0.2, 0.25) is 0 Å². The Kier molecular flexibility index (Phi) is 5.90. The van der Waals surface area contributed by atoms with E-state index in [1.54, 1.807) is 0 Å². The third-order valence-corrected chi connectivity index (χ3v) is 3.32. The molecule has 2 aromatic heterocycles. The van der Waals surface area contributed by atoms with E-state index in [1.165, 1.54) is 0 Å². The standard InChI is InChI=1S/C16H24N4O/c1-4-17-10-15-9-16(21-19-15)12-20(5-2)11-14-8-6-7-13(3)18-14/h6-9,17H,4-5,10-12H2,1-3H3. The molecule has 0 aromatic carbocycles. The van der Waals surface area contributed by atoms with Gasteiger partial charge in [-0.15, -0.1) is 0 Å². The first kappa shape index (κ1) is 15.7. The van der Waals surface area contributed by atoms with Gasteiger partial charge in [-0.3, -0.25) is 9.88 Å². The van der Waals surface area contributed by atoms with Gasteiger partial charge in [-0.1, -0.05) is 25.1 Å². The predicted octanol–water partition coefficient (Wildman–Crippen LogP) is 2.51. The van der Waals surface area contributed by atoms with E-state index in [0.717, 1.165) is 55.6 Å². The average Bonchev–Trinajstić information content (AvgIpc) is 2.92. The number of nitrogens with one attached hydrogen (secondary N) is 1. The molecule has 0 atom stereocenters. The van der Waals surface area contributed by atoms with Gasteiger partial charge >= 0.3 is 0 Å². The molecule has 0 saturated heterocycles. The molecule has 21 heavy (non-hydrogen) atoms. The molecule has 114 valence electrons. The van der Waals surface area contributed by atoms with Crippen LogP contribution in [-0.4, -0.2) is 28.1 Å². The molecule has 0 bridgehead atoms. The highest BCUT2D eigenvalue weighted by molar-refractivity contribution is 5.10. The molecule has 0 saturated carbocycles. The first-order chi connectivity index (χ1) is 10.2. The van der Waals surface area contributed by atoms with Crippen molar-refractivity contribution in [2.45, 2.75) is 40.4 Å². The number of nitrogens with zero attached hydrogens (tertiary/aromatic N) is 3. The molecule has 0 amide bonds. The molecule has 5 heteroatoms. The summed E-state index contributed by atoms with van der Waals surface area (Å²) < 4.78 is 5.40. The summed E-state index contributed by atoms with van der Waals surface area (Å²) in [5.74, 6) is 0.900. The minimum Gasteiger partial charge on any atom is -0.360 e. The number of aryl methyl sites for hydroxylation is 1. The maximum Gasteiger partial charge on any atom is 0.151 e. The molecule has 0 radical (unpaired) electrons. The van der Waals surface area contributed by atoms with Crippen LogP contribution in [0.3, 0.4) is 0 Å². The maximum absolute atomic E-state index is 5.40. The topological polar surface area (TPSA) is 54.2 Å². The summed E-state index contributed by atoms with van der Waals surface area (Å²) in [6, 6.07) is 8.15. The molecule has 2 rings (SSSR count). The van der Waals surface area contributed by atoms with Crippen molar-refractivity contribution in [3.8, 4) is 0 Å². The highest BCUT2D eigenvalue weighted by Crippen LogP contribution is 2.10. The fraction of sp³-hybridized carbons (Fsp3) is 0.500. The number of hydrogen-bond acceptors (Lipinski definition) is 5. The second kappa shape index (κ2) is 7.90. The van der Waals surface area contributed by atoms with Crippen LogP contribution in [0.4, 0.5) is 0 Å². The van der Waals surface area contributed by atoms with E-state index < -0.39 is 0 Å². The Morgan fingerprint density at radius 3 is 2.76 bits per heavy atom. The Morgan fingerprint density at radius 1 is 1.19 bits per heavy atom. The van der Waals surface area contributed by atoms with Gasteiger partial charge in [0, 0.05) is 24.8 Å². The van der Waals surface area contributed by atoms with Crippen LogP contribution in [0.15, 0.2) is 28.8 Å². The summed E-state index contributed by atoms with van der Waals surface area (Å²) in [6.07, 6.45) is 0. The summed E-state index contributed by atoms with van der Waals surface area (Å²) in [6.45, 7) is 10.4. The highest BCUT2D eigenvalue weighted by Gasteiger charge is 2.10. The summed E-state index contributed by atoms with van der Waals surface area (Å²) in [5, 5.41) is 7.33. The number of rotatable bonds is 8. The molecule has 0 fully saturated rings. The van der Waals surface area contributed by atoms with Crippen LogP contribution in [-0.2, 0) is 19.6 Å². The van der Waals surface area contributed by atoms with Crippen molar-refractivity contribution in [2.24, 2.45) is 0 Å². The average molecular weight is 288 g/mol. The molecule has 0 unspecified atom stereocenters. The van der Waals surface area contributed by atoms with E-state index in [-0.39, 0.29) is 0 Å². The van der Waals surface area contributed by atoms with E-state index >= 15 is 0 Å². The summed E-state index contributed by atoms with van der Waals surface area (Å²) >= 11 is 0. The van der Waals surface area contributed by atoms with Crippen molar-refractivity contribution in [2.75, 3.05) is 13.1 Å². The minimum atomic E-state index is 0.755. The quantitative estimate of drug-likeness (QED) is 0.809. The van der Waals surface area contributed by atoms with E-state index in [2.05, 4.69) is 46.3 Å². The first-order valence-electron chi connectivity index (χ1n) is 7.51. The van der Waals surface area contributed by atoms with E-state index in [4.69, 9.17) is 4.52 Å². The SMILES string of the molecule is CCNCc1cc(CN(CC)Cc2cccc(C)n2)on1. The number of pyridine rings is 1. The van der Waals surface area contributed by atoms with Crippen molar-refractivity contribution < 1.29 is 4.52 Å². The van der Waals surface area contributed by atoms with Crippen LogP contribution in [0.1, 0.15) is 36.7 Å². The Morgan fingerprint density at radius 2 is 2.05 bits per heavy atom. The molecule has 1 N–H and O–H groups in total. The highest BCUT2D eigenvalue weighted by atomic mass is 16.5. The Bertz CT molecular complexity index is 553. The summed E-state index contributed by atoms with van der Waals surface area (Å²) in [5.41, 5.74) is 3.09. The van der Waals surface area contributed by atoms with Crippen molar-refractivity contribution in [1.29, 1.82) is 0 Å². The van der Waals surface area contributed by atoms with Gasteiger partial charge in [0.05, 0.1) is 17.9 Å². The zero-order chi connectivity index (χ0) is 15.1. The second-order valence-electron chi connectivity index (χ2n) is 5.14. The lowest BCUT2D eigenvalue weighted by molar-refractivity contribution is 0.231. The zero-order valence-corrected chi connectivity index (χ0v) is 13.1. The van der Waals surface area contributed by atoms with Crippen molar-refractivity contribution in [1.82, 2.24) is 20.4 Å². The van der Waals surface area contributed by atoms with Gasteiger partial charge < -0.3 is 9.84 Å². The van der Waals surface area contributed by atoms with Crippen LogP contribution < -0.4 is 5.32 Å². The van der Waals surface area contributed by atoms with E-state index in [0.29, 0.717) is 0 Å². The lowest BCUT2D eigenvalue weighted by atomic mass is 10.2. The molecule has 0 aliphatic rings. The lowest BCUT2D eigenvalue weighted by Crippen LogP contribution is -2.22. The molecule has 2 heterocycles. The molecular weight excluding hydrogens is 264 g/mol.